The van der Waals surface area contributed by atoms with Crippen LogP contribution in [0.2, 0.25) is 0 Å². The Bertz CT molecular complexity index is 157. The van der Waals surface area contributed by atoms with Crippen LogP contribution in [-0.4, -0.2) is 17.4 Å². The minimum Gasteiger partial charge on any atom is -0.393 e. The lowest BCUT2D eigenvalue weighted by atomic mass is 10.0. The molecule has 0 saturated carbocycles. The van der Waals surface area contributed by atoms with Crippen molar-refractivity contribution in [3.8, 4) is 0 Å². The predicted molar refractivity (Wildman–Crippen MR) is 59.3 cm³/mol. The molecule has 0 bridgehead atoms. The highest BCUT2D eigenvalue weighted by atomic mass is 19.4. The highest BCUT2D eigenvalue weighted by molar-refractivity contribution is 4.59. The van der Waals surface area contributed by atoms with Crippen molar-refractivity contribution in [2.45, 2.75) is 77.0 Å². The van der Waals surface area contributed by atoms with E-state index in [0.29, 0.717) is 6.42 Å². The Morgan fingerprint density at radius 2 is 1.50 bits per heavy atom. The van der Waals surface area contributed by atoms with Crippen LogP contribution in [0.3, 0.4) is 0 Å². The van der Waals surface area contributed by atoms with E-state index in [1.165, 1.54) is 12.8 Å². The number of aliphatic hydroxyl groups excluding tert-OH is 1. The minimum absolute atomic E-state index is 0.0413. The van der Waals surface area contributed by atoms with Gasteiger partial charge < -0.3 is 5.11 Å². The molecule has 0 amide bonds. The number of aliphatic hydroxyl groups is 1. The summed E-state index contributed by atoms with van der Waals surface area (Å²) in [4.78, 5) is 0. The first-order valence-corrected chi connectivity index (χ1v) is 6.20. The summed E-state index contributed by atoms with van der Waals surface area (Å²) in [5, 5.41) is 9.44. The Kier molecular flexibility index (Phi) is 8.71. The van der Waals surface area contributed by atoms with E-state index >= 15 is 0 Å². The Labute approximate surface area is 96.0 Å². The zero-order valence-corrected chi connectivity index (χ0v) is 10.0. The minimum atomic E-state index is -4.08. The SMILES string of the molecule is CCCCCCCC(O)CCCC(F)(F)F. The first-order chi connectivity index (χ1) is 7.45. The monoisotopic (exact) mass is 240 g/mol. The summed E-state index contributed by atoms with van der Waals surface area (Å²) in [6.45, 7) is 2.13. The van der Waals surface area contributed by atoms with Crippen LogP contribution < -0.4 is 0 Å². The average Bonchev–Trinajstić information content (AvgIpc) is 2.15. The lowest BCUT2D eigenvalue weighted by Gasteiger charge is -2.11. The third-order valence-electron chi connectivity index (χ3n) is 2.64. The van der Waals surface area contributed by atoms with Gasteiger partial charge in [-0.05, 0) is 19.3 Å². The molecule has 0 aliphatic heterocycles. The van der Waals surface area contributed by atoms with Gasteiger partial charge in [0, 0.05) is 6.42 Å². The average molecular weight is 240 g/mol. The normalized spacial score (nSPS) is 14.1. The molecule has 1 unspecified atom stereocenters. The number of unbranched alkanes of at least 4 members (excludes halogenated alkanes) is 4. The molecule has 16 heavy (non-hydrogen) atoms. The summed E-state index contributed by atoms with van der Waals surface area (Å²) in [5.41, 5.74) is 0. The second-order valence-corrected chi connectivity index (χ2v) is 4.36. The van der Waals surface area contributed by atoms with Crippen molar-refractivity contribution in [1.29, 1.82) is 0 Å². The third-order valence-corrected chi connectivity index (χ3v) is 2.64. The maximum atomic E-state index is 11.8. The molecule has 1 atom stereocenters. The highest BCUT2D eigenvalue weighted by Crippen LogP contribution is 2.23. The van der Waals surface area contributed by atoms with Gasteiger partial charge in [0.25, 0.3) is 0 Å². The van der Waals surface area contributed by atoms with Gasteiger partial charge in [0.2, 0.25) is 0 Å². The van der Waals surface area contributed by atoms with Crippen LogP contribution in [-0.2, 0) is 0 Å². The fourth-order valence-electron chi connectivity index (χ4n) is 1.67. The fraction of sp³-hybridized carbons (Fsp3) is 1.00. The van der Waals surface area contributed by atoms with Gasteiger partial charge in [-0.3, -0.25) is 0 Å². The summed E-state index contributed by atoms with van der Waals surface area (Å²) in [6, 6.07) is 0. The van der Waals surface area contributed by atoms with Gasteiger partial charge >= 0.3 is 6.18 Å². The van der Waals surface area contributed by atoms with Gasteiger partial charge in [0.15, 0.2) is 0 Å². The van der Waals surface area contributed by atoms with E-state index in [4.69, 9.17) is 0 Å². The smallest absolute Gasteiger partial charge is 0.389 e. The quantitative estimate of drug-likeness (QED) is 0.591. The Balaban J connectivity index is 3.28. The molecule has 0 spiro atoms. The molecule has 1 N–H and O–H groups in total. The third kappa shape index (κ3) is 11.8. The van der Waals surface area contributed by atoms with Crippen molar-refractivity contribution in [3.05, 3.63) is 0 Å². The lowest BCUT2D eigenvalue weighted by Crippen LogP contribution is -2.11. The molecule has 0 heterocycles. The van der Waals surface area contributed by atoms with Crippen LogP contribution in [0.1, 0.15) is 64.7 Å². The summed E-state index contributed by atoms with van der Waals surface area (Å²) < 4.78 is 35.4. The maximum absolute atomic E-state index is 11.8. The Hall–Kier alpha value is -0.250. The molecule has 98 valence electrons. The molecule has 1 nitrogen and oxygen atoms in total. The van der Waals surface area contributed by atoms with E-state index in [0.717, 1.165) is 19.3 Å². The largest absolute Gasteiger partial charge is 0.393 e. The summed E-state index contributed by atoms with van der Waals surface area (Å²) in [5.74, 6) is 0. The molecule has 4 heteroatoms. The van der Waals surface area contributed by atoms with Crippen molar-refractivity contribution in [2.24, 2.45) is 0 Å². The van der Waals surface area contributed by atoms with Crippen molar-refractivity contribution >= 4 is 0 Å². The highest BCUT2D eigenvalue weighted by Gasteiger charge is 2.26. The zero-order valence-electron chi connectivity index (χ0n) is 10.0. The van der Waals surface area contributed by atoms with Crippen LogP contribution in [0.15, 0.2) is 0 Å². The van der Waals surface area contributed by atoms with Crippen molar-refractivity contribution in [2.75, 3.05) is 0 Å². The predicted octanol–water partition coefficient (Wildman–Crippen LogP) is 4.44. The number of rotatable bonds is 9. The molecule has 0 aromatic rings. The molecule has 0 radical (unpaired) electrons. The number of alkyl halides is 3. The Morgan fingerprint density at radius 3 is 2.06 bits per heavy atom. The first-order valence-electron chi connectivity index (χ1n) is 6.20. The van der Waals surface area contributed by atoms with E-state index in [1.54, 1.807) is 0 Å². The molecule has 0 fully saturated rings. The van der Waals surface area contributed by atoms with Crippen molar-refractivity contribution < 1.29 is 18.3 Å². The Morgan fingerprint density at radius 1 is 0.938 bits per heavy atom. The topological polar surface area (TPSA) is 20.2 Å². The van der Waals surface area contributed by atoms with Gasteiger partial charge in [-0.1, -0.05) is 39.0 Å². The van der Waals surface area contributed by atoms with Gasteiger partial charge in [0.05, 0.1) is 6.10 Å². The molecule has 0 aliphatic carbocycles. The van der Waals surface area contributed by atoms with Crippen molar-refractivity contribution in [1.82, 2.24) is 0 Å². The number of hydrogen-bond acceptors (Lipinski definition) is 1. The van der Waals surface area contributed by atoms with Crippen LogP contribution in [0, 0.1) is 0 Å². The van der Waals surface area contributed by atoms with E-state index in [-0.39, 0.29) is 12.8 Å². The first kappa shape index (κ1) is 15.8. The van der Waals surface area contributed by atoms with Crippen LogP contribution in [0.25, 0.3) is 0 Å². The zero-order chi connectivity index (χ0) is 12.4. The standard InChI is InChI=1S/C12H23F3O/c1-2-3-4-5-6-8-11(16)9-7-10-12(13,14)15/h11,16H,2-10H2,1H3. The van der Waals surface area contributed by atoms with Gasteiger partial charge in [-0.25, -0.2) is 0 Å². The molecule has 0 aliphatic rings. The van der Waals surface area contributed by atoms with Crippen LogP contribution >= 0.6 is 0 Å². The van der Waals surface area contributed by atoms with E-state index in [1.807, 2.05) is 0 Å². The number of hydrogen-bond donors (Lipinski definition) is 1. The van der Waals surface area contributed by atoms with Crippen LogP contribution in [0.5, 0.6) is 0 Å². The maximum Gasteiger partial charge on any atom is 0.389 e. The molecular weight excluding hydrogens is 217 g/mol. The van der Waals surface area contributed by atoms with Crippen LogP contribution in [0.4, 0.5) is 13.2 Å². The summed E-state index contributed by atoms with van der Waals surface area (Å²) in [6.07, 6.45) is 1.07. The second kappa shape index (κ2) is 8.85. The number of halogens is 3. The molecular formula is C12H23F3O. The summed E-state index contributed by atoms with van der Waals surface area (Å²) in [7, 11) is 0. The van der Waals surface area contributed by atoms with Gasteiger partial charge in [0.1, 0.15) is 0 Å². The summed E-state index contributed by atoms with van der Waals surface area (Å²) >= 11 is 0. The van der Waals surface area contributed by atoms with E-state index in [2.05, 4.69) is 6.92 Å². The molecule has 0 rings (SSSR count). The fourth-order valence-corrected chi connectivity index (χ4v) is 1.67. The van der Waals surface area contributed by atoms with Gasteiger partial charge in [-0.2, -0.15) is 13.2 Å². The van der Waals surface area contributed by atoms with E-state index < -0.39 is 18.7 Å². The van der Waals surface area contributed by atoms with E-state index in [9.17, 15) is 18.3 Å². The molecule has 0 aromatic heterocycles. The molecule has 0 saturated heterocycles. The van der Waals surface area contributed by atoms with Gasteiger partial charge in [-0.15, -0.1) is 0 Å². The lowest BCUT2D eigenvalue weighted by molar-refractivity contribution is -0.136. The molecule has 0 aromatic carbocycles. The second-order valence-electron chi connectivity index (χ2n) is 4.36. The van der Waals surface area contributed by atoms with Crippen molar-refractivity contribution in [3.63, 3.8) is 0 Å².